The Kier molecular flexibility index (Phi) is 8.86. The molecule has 1 saturated carbocycles. The number of hydrogen-bond acceptors (Lipinski definition) is 6. The Labute approximate surface area is 237 Å². The Morgan fingerprint density at radius 3 is 2.76 bits per heavy atom. The number of carbonyl (C=O) groups is 2. The predicted molar refractivity (Wildman–Crippen MR) is 153 cm³/mol. The van der Waals surface area contributed by atoms with Crippen LogP contribution in [0.1, 0.15) is 75.7 Å². The number of halogens is 2. The zero-order chi connectivity index (χ0) is 27.6. The maximum atomic E-state index is 13.9. The second-order valence-corrected chi connectivity index (χ2v) is 12.5. The summed E-state index contributed by atoms with van der Waals surface area (Å²) in [5, 5.41) is 13.0. The number of likely N-dealkylation sites (tertiary alicyclic amines) is 1. The van der Waals surface area contributed by atoms with Crippen molar-refractivity contribution in [1.82, 2.24) is 14.7 Å². The summed E-state index contributed by atoms with van der Waals surface area (Å²) in [5.74, 6) is -1.02. The molecule has 7 nitrogen and oxygen atoms in total. The van der Waals surface area contributed by atoms with Gasteiger partial charge in [0.25, 0.3) is 0 Å². The molecule has 1 aliphatic heterocycles. The molecule has 0 spiro atoms. The minimum atomic E-state index is -0.582. The fraction of sp³-hybridized carbons (Fsp3) is 0.517. The lowest BCUT2D eigenvalue weighted by atomic mass is 9.95. The van der Waals surface area contributed by atoms with E-state index in [1.54, 1.807) is 16.9 Å². The van der Waals surface area contributed by atoms with Crippen molar-refractivity contribution in [3.8, 4) is 0 Å². The number of ketones is 1. The molecule has 38 heavy (non-hydrogen) atoms. The first-order chi connectivity index (χ1) is 18.0. The van der Waals surface area contributed by atoms with Crippen LogP contribution in [0, 0.1) is 33.1 Å². The van der Waals surface area contributed by atoms with Crippen LogP contribution in [-0.2, 0) is 14.3 Å². The van der Waals surface area contributed by atoms with Gasteiger partial charge in [0.05, 0.1) is 11.6 Å². The first-order valence-corrected chi connectivity index (χ1v) is 14.3. The molecule has 1 aliphatic carbocycles. The average molecular weight is 635 g/mol. The van der Waals surface area contributed by atoms with Gasteiger partial charge in [-0.2, -0.15) is 5.10 Å². The minimum Gasteiger partial charge on any atom is -0.462 e. The van der Waals surface area contributed by atoms with Crippen LogP contribution in [0.5, 0.6) is 0 Å². The second kappa shape index (κ2) is 11.8. The van der Waals surface area contributed by atoms with Crippen LogP contribution in [0.15, 0.2) is 30.5 Å². The number of carbonyl (C=O) groups excluding carboxylic acids is 2. The van der Waals surface area contributed by atoms with Gasteiger partial charge >= 0.3 is 5.97 Å². The zero-order valence-corrected chi connectivity index (χ0v) is 24.6. The molecule has 2 heterocycles. The van der Waals surface area contributed by atoms with Gasteiger partial charge in [0, 0.05) is 39.5 Å². The lowest BCUT2D eigenvalue weighted by Gasteiger charge is -2.24. The highest BCUT2D eigenvalue weighted by atomic mass is 127. The largest absolute Gasteiger partial charge is 0.462 e. The molecular formula is C29H36FIN4O3. The van der Waals surface area contributed by atoms with E-state index in [0.29, 0.717) is 31.4 Å². The minimum absolute atomic E-state index is 0.0461. The fourth-order valence-electron chi connectivity index (χ4n) is 5.22. The molecule has 1 N–H and O–H groups in total. The Morgan fingerprint density at radius 2 is 2.03 bits per heavy atom. The van der Waals surface area contributed by atoms with E-state index in [0.717, 1.165) is 34.2 Å². The average Bonchev–Trinajstić information content (AvgIpc) is 3.60. The molecule has 9 heteroatoms. The predicted octanol–water partition coefficient (Wildman–Crippen LogP) is 5.94. The second-order valence-electron chi connectivity index (χ2n) is 11.3. The standard InChI is InChI=1S/C29H36FIN4O3/c1-18-23(26(32)27(36)19-8-10-21(15-19)38-28(37)29(2,3)4)17-33-35(18)14-6-13-34-12-5-7-25(34)22-16-20(30)9-11-24(22)31/h6,9,11,14,16-17,19,21,25,32H,5,7-8,10,12-13,15H2,1-4H3/b14-6-,32-26?/t19?,21-,25+/m0/s1. The van der Waals surface area contributed by atoms with Gasteiger partial charge in [0.15, 0.2) is 5.78 Å². The van der Waals surface area contributed by atoms with Crippen molar-refractivity contribution in [2.24, 2.45) is 11.3 Å². The molecule has 3 atom stereocenters. The Hall–Kier alpha value is -2.40. The van der Waals surface area contributed by atoms with Gasteiger partial charge in [-0.05, 0) is 113 Å². The van der Waals surface area contributed by atoms with Crippen molar-refractivity contribution in [2.75, 3.05) is 13.1 Å². The number of nitrogens with one attached hydrogen (secondary N) is 1. The van der Waals surface area contributed by atoms with Gasteiger partial charge in [-0.15, -0.1) is 0 Å². The van der Waals surface area contributed by atoms with Crippen molar-refractivity contribution in [3.05, 3.63) is 56.7 Å². The molecular weight excluding hydrogens is 598 g/mol. The number of aromatic nitrogens is 2. The third kappa shape index (κ3) is 6.42. The van der Waals surface area contributed by atoms with Crippen LogP contribution in [0.2, 0.25) is 0 Å². The van der Waals surface area contributed by atoms with Crippen LogP contribution in [0.25, 0.3) is 6.20 Å². The van der Waals surface area contributed by atoms with E-state index in [2.05, 4.69) is 32.6 Å². The Bertz CT molecular complexity index is 1250. The quantitative estimate of drug-likeness (QED) is 0.221. The number of ether oxygens (including phenoxy) is 1. The zero-order valence-electron chi connectivity index (χ0n) is 22.5. The maximum Gasteiger partial charge on any atom is 0.311 e. The fourth-order valence-corrected chi connectivity index (χ4v) is 5.91. The van der Waals surface area contributed by atoms with E-state index >= 15 is 0 Å². The smallest absolute Gasteiger partial charge is 0.311 e. The molecule has 0 radical (unpaired) electrons. The summed E-state index contributed by atoms with van der Waals surface area (Å²) in [4.78, 5) is 27.6. The maximum absolute atomic E-state index is 13.9. The Balaban J connectivity index is 1.36. The molecule has 1 unspecified atom stereocenters. The molecule has 2 aliphatic rings. The molecule has 4 rings (SSSR count). The molecule has 1 saturated heterocycles. The van der Waals surface area contributed by atoms with E-state index < -0.39 is 5.41 Å². The van der Waals surface area contributed by atoms with Crippen molar-refractivity contribution < 1.29 is 18.7 Å². The molecule has 2 fully saturated rings. The van der Waals surface area contributed by atoms with Gasteiger partial charge in [-0.25, -0.2) is 9.07 Å². The molecule has 1 aromatic carbocycles. The molecule has 0 amide bonds. The molecule has 2 aromatic rings. The number of nitrogens with zero attached hydrogens (tertiary/aromatic N) is 3. The van der Waals surface area contributed by atoms with Crippen molar-refractivity contribution in [2.45, 2.75) is 71.9 Å². The van der Waals surface area contributed by atoms with Crippen molar-refractivity contribution >= 4 is 46.3 Å². The lowest BCUT2D eigenvalue weighted by molar-refractivity contribution is -0.158. The topological polar surface area (TPSA) is 88.3 Å². The first-order valence-electron chi connectivity index (χ1n) is 13.2. The number of Topliss-reactive ketones (excluding diaryl/α,β-unsaturated/α-hetero) is 1. The van der Waals surface area contributed by atoms with E-state index in [1.807, 2.05) is 46.0 Å². The van der Waals surface area contributed by atoms with Crippen LogP contribution in [0.3, 0.4) is 0 Å². The van der Waals surface area contributed by atoms with Crippen molar-refractivity contribution in [3.63, 3.8) is 0 Å². The SMILES string of the molecule is Cc1c(C(=N)C(=O)C2CC[C@H](OC(=O)C(C)(C)C)C2)cnn1/C=C\CN1CCC[C@@H]1c1cc(F)ccc1I. The van der Waals surface area contributed by atoms with Crippen LogP contribution in [-0.4, -0.2) is 51.3 Å². The lowest BCUT2D eigenvalue weighted by Crippen LogP contribution is -2.28. The summed E-state index contributed by atoms with van der Waals surface area (Å²) in [5.41, 5.74) is 1.65. The number of hydrogen-bond donors (Lipinski definition) is 1. The number of esters is 1. The van der Waals surface area contributed by atoms with Gasteiger partial charge in [0.2, 0.25) is 0 Å². The summed E-state index contributed by atoms with van der Waals surface area (Å²) < 4.78 is 22.2. The summed E-state index contributed by atoms with van der Waals surface area (Å²) in [6.45, 7) is 8.92. The number of rotatable bonds is 8. The van der Waals surface area contributed by atoms with Crippen LogP contribution >= 0.6 is 22.6 Å². The van der Waals surface area contributed by atoms with Crippen molar-refractivity contribution in [1.29, 1.82) is 5.41 Å². The summed E-state index contributed by atoms with van der Waals surface area (Å²) in [7, 11) is 0. The number of benzene rings is 1. The first kappa shape index (κ1) is 28.6. The molecule has 204 valence electrons. The molecule has 0 bridgehead atoms. The van der Waals surface area contributed by atoms with E-state index in [-0.39, 0.29) is 41.3 Å². The normalized spacial score (nSPS) is 22.3. The summed E-state index contributed by atoms with van der Waals surface area (Å²) in [6, 6.07) is 5.15. The third-order valence-electron chi connectivity index (χ3n) is 7.47. The van der Waals surface area contributed by atoms with Gasteiger partial charge in [-0.3, -0.25) is 19.9 Å². The summed E-state index contributed by atoms with van der Waals surface area (Å²) >= 11 is 2.27. The van der Waals surface area contributed by atoms with Gasteiger partial charge in [0.1, 0.15) is 17.6 Å². The third-order valence-corrected chi connectivity index (χ3v) is 8.45. The molecule has 1 aromatic heterocycles. The monoisotopic (exact) mass is 634 g/mol. The van der Waals surface area contributed by atoms with E-state index in [1.165, 1.54) is 6.07 Å². The highest BCUT2D eigenvalue weighted by Gasteiger charge is 2.36. The Morgan fingerprint density at radius 1 is 1.26 bits per heavy atom. The van der Waals surface area contributed by atoms with Crippen LogP contribution in [0.4, 0.5) is 4.39 Å². The van der Waals surface area contributed by atoms with Crippen LogP contribution < -0.4 is 0 Å². The summed E-state index contributed by atoms with van der Waals surface area (Å²) in [6.07, 6.45) is 8.93. The highest BCUT2D eigenvalue weighted by molar-refractivity contribution is 14.1. The van der Waals surface area contributed by atoms with Gasteiger partial charge in [-0.1, -0.05) is 6.08 Å². The van der Waals surface area contributed by atoms with Gasteiger partial charge < -0.3 is 4.74 Å². The van der Waals surface area contributed by atoms with E-state index in [9.17, 15) is 14.0 Å². The van der Waals surface area contributed by atoms with E-state index in [4.69, 9.17) is 10.1 Å². The highest BCUT2D eigenvalue weighted by Crippen LogP contribution is 2.35.